The zero-order valence-electron chi connectivity index (χ0n) is 12.0. The fourth-order valence-electron chi connectivity index (χ4n) is 2.10. The van der Waals surface area contributed by atoms with Crippen molar-refractivity contribution < 1.29 is 4.74 Å². The fraction of sp³-hybridized carbons (Fsp3) is 0.929. The van der Waals surface area contributed by atoms with Gasteiger partial charge in [-0.1, -0.05) is 13.8 Å². The predicted molar refractivity (Wildman–Crippen MR) is 76.8 cm³/mol. The summed E-state index contributed by atoms with van der Waals surface area (Å²) in [6, 6.07) is 0. The third kappa shape index (κ3) is 7.54. The van der Waals surface area contributed by atoms with Crippen LogP contribution in [0.25, 0.3) is 0 Å². The van der Waals surface area contributed by atoms with Gasteiger partial charge in [-0.05, 0) is 44.4 Å². The van der Waals surface area contributed by atoms with Crippen LogP contribution in [0, 0.1) is 5.92 Å². The molecule has 106 valence electrons. The number of ether oxygens (including phenoxy) is 1. The molecule has 0 aromatic carbocycles. The van der Waals surface area contributed by atoms with Gasteiger partial charge in [-0.3, -0.25) is 4.99 Å². The number of nitrogens with two attached hydrogens (primary N) is 1. The van der Waals surface area contributed by atoms with E-state index in [-0.39, 0.29) is 0 Å². The Morgan fingerprint density at radius 1 is 1.44 bits per heavy atom. The van der Waals surface area contributed by atoms with Gasteiger partial charge in [0, 0.05) is 19.7 Å². The number of nitrogens with one attached hydrogen (secondary N) is 1. The number of guanidine groups is 1. The fourth-order valence-corrected chi connectivity index (χ4v) is 2.10. The van der Waals surface area contributed by atoms with Gasteiger partial charge in [0.05, 0.1) is 6.10 Å². The second-order valence-corrected chi connectivity index (χ2v) is 5.51. The van der Waals surface area contributed by atoms with Gasteiger partial charge in [-0.25, -0.2) is 0 Å². The van der Waals surface area contributed by atoms with Crippen molar-refractivity contribution in [2.45, 2.75) is 58.5 Å². The first-order chi connectivity index (χ1) is 8.68. The van der Waals surface area contributed by atoms with E-state index in [0.717, 1.165) is 39.0 Å². The summed E-state index contributed by atoms with van der Waals surface area (Å²) in [5.41, 5.74) is 5.79. The van der Waals surface area contributed by atoms with E-state index in [9.17, 15) is 0 Å². The van der Waals surface area contributed by atoms with Crippen molar-refractivity contribution in [1.82, 2.24) is 5.32 Å². The van der Waals surface area contributed by atoms with Crippen LogP contribution in [0.1, 0.15) is 52.4 Å². The molecule has 1 aliphatic rings. The molecule has 0 bridgehead atoms. The Morgan fingerprint density at radius 2 is 2.28 bits per heavy atom. The molecule has 0 radical (unpaired) electrons. The van der Waals surface area contributed by atoms with Crippen molar-refractivity contribution in [2.75, 3.05) is 19.7 Å². The number of aliphatic imine (C=N–C) groups is 1. The summed E-state index contributed by atoms with van der Waals surface area (Å²) in [6.45, 7) is 7.07. The average Bonchev–Trinajstić information content (AvgIpc) is 2.35. The normalized spacial score (nSPS) is 21.3. The Morgan fingerprint density at radius 3 is 2.94 bits per heavy atom. The highest BCUT2D eigenvalue weighted by molar-refractivity contribution is 5.77. The molecular formula is C14H29N3O. The lowest BCUT2D eigenvalue weighted by Crippen LogP contribution is -2.33. The van der Waals surface area contributed by atoms with Crippen LogP contribution in [0.15, 0.2) is 4.99 Å². The topological polar surface area (TPSA) is 59.6 Å². The van der Waals surface area contributed by atoms with E-state index in [2.05, 4.69) is 24.2 Å². The van der Waals surface area contributed by atoms with Gasteiger partial charge in [0.15, 0.2) is 5.96 Å². The first-order valence-electron chi connectivity index (χ1n) is 7.34. The van der Waals surface area contributed by atoms with Gasteiger partial charge in [0.2, 0.25) is 0 Å². The maximum absolute atomic E-state index is 5.79. The highest BCUT2D eigenvalue weighted by Gasteiger charge is 2.12. The van der Waals surface area contributed by atoms with E-state index >= 15 is 0 Å². The van der Waals surface area contributed by atoms with E-state index in [1.54, 1.807) is 0 Å². The molecule has 0 saturated carbocycles. The SMILES string of the molecule is CC(C)CCNC(N)=NCCCC1CCCCO1. The summed E-state index contributed by atoms with van der Waals surface area (Å²) in [6.07, 6.45) is 7.52. The summed E-state index contributed by atoms with van der Waals surface area (Å²) in [5, 5.41) is 3.15. The van der Waals surface area contributed by atoms with Crippen LogP contribution in [0.4, 0.5) is 0 Å². The zero-order valence-corrected chi connectivity index (χ0v) is 12.0. The third-order valence-corrected chi connectivity index (χ3v) is 3.27. The van der Waals surface area contributed by atoms with Crippen LogP contribution < -0.4 is 11.1 Å². The molecule has 0 spiro atoms. The van der Waals surface area contributed by atoms with E-state index in [1.165, 1.54) is 19.3 Å². The van der Waals surface area contributed by atoms with Gasteiger partial charge in [0.25, 0.3) is 0 Å². The maximum atomic E-state index is 5.79. The van der Waals surface area contributed by atoms with Gasteiger partial charge >= 0.3 is 0 Å². The van der Waals surface area contributed by atoms with Crippen molar-refractivity contribution in [2.24, 2.45) is 16.6 Å². The molecule has 1 rings (SSSR count). The van der Waals surface area contributed by atoms with Crippen molar-refractivity contribution >= 4 is 5.96 Å². The number of nitrogens with zero attached hydrogens (tertiary/aromatic N) is 1. The summed E-state index contributed by atoms with van der Waals surface area (Å²) in [5.74, 6) is 1.29. The predicted octanol–water partition coefficient (Wildman–Crippen LogP) is 2.29. The minimum Gasteiger partial charge on any atom is -0.378 e. The molecule has 1 saturated heterocycles. The maximum Gasteiger partial charge on any atom is 0.188 e. The van der Waals surface area contributed by atoms with Gasteiger partial charge < -0.3 is 15.8 Å². The number of hydrogen-bond donors (Lipinski definition) is 2. The van der Waals surface area contributed by atoms with Crippen LogP contribution in [-0.2, 0) is 4.74 Å². The molecule has 4 nitrogen and oxygen atoms in total. The summed E-state index contributed by atoms with van der Waals surface area (Å²) >= 11 is 0. The van der Waals surface area contributed by atoms with Crippen molar-refractivity contribution in [1.29, 1.82) is 0 Å². The first kappa shape index (κ1) is 15.3. The molecule has 0 amide bonds. The first-order valence-corrected chi connectivity index (χ1v) is 7.34. The number of rotatable bonds is 7. The lowest BCUT2D eigenvalue weighted by Gasteiger charge is -2.22. The second kappa shape index (κ2) is 9.20. The summed E-state index contributed by atoms with van der Waals surface area (Å²) in [4.78, 5) is 4.33. The quantitative estimate of drug-likeness (QED) is 0.417. The van der Waals surface area contributed by atoms with Crippen LogP contribution in [0.5, 0.6) is 0 Å². The molecular weight excluding hydrogens is 226 g/mol. The highest BCUT2D eigenvalue weighted by Crippen LogP contribution is 2.16. The van der Waals surface area contributed by atoms with Crippen molar-refractivity contribution in [3.05, 3.63) is 0 Å². The molecule has 18 heavy (non-hydrogen) atoms. The van der Waals surface area contributed by atoms with Crippen LogP contribution >= 0.6 is 0 Å². The third-order valence-electron chi connectivity index (χ3n) is 3.27. The Kier molecular flexibility index (Phi) is 7.81. The van der Waals surface area contributed by atoms with Crippen LogP contribution in [0.3, 0.4) is 0 Å². The molecule has 1 fully saturated rings. The van der Waals surface area contributed by atoms with Crippen molar-refractivity contribution in [3.8, 4) is 0 Å². The Balaban J connectivity index is 2.00. The minimum atomic E-state index is 0.462. The largest absolute Gasteiger partial charge is 0.378 e. The van der Waals surface area contributed by atoms with E-state index in [4.69, 9.17) is 10.5 Å². The Bertz CT molecular complexity index is 235. The van der Waals surface area contributed by atoms with E-state index in [0.29, 0.717) is 18.0 Å². The lowest BCUT2D eigenvalue weighted by atomic mass is 10.1. The molecule has 1 unspecified atom stereocenters. The molecule has 0 aromatic heterocycles. The number of hydrogen-bond acceptors (Lipinski definition) is 2. The smallest absolute Gasteiger partial charge is 0.188 e. The standard InChI is InChI=1S/C14H29N3O/c1-12(2)8-10-17-14(15)16-9-5-7-13-6-3-4-11-18-13/h12-13H,3-11H2,1-2H3,(H3,15,16,17). The highest BCUT2D eigenvalue weighted by atomic mass is 16.5. The Hall–Kier alpha value is -0.770. The lowest BCUT2D eigenvalue weighted by molar-refractivity contribution is 0.0105. The van der Waals surface area contributed by atoms with Crippen molar-refractivity contribution in [3.63, 3.8) is 0 Å². The van der Waals surface area contributed by atoms with Gasteiger partial charge in [-0.15, -0.1) is 0 Å². The molecule has 0 aromatic rings. The molecule has 3 N–H and O–H groups in total. The molecule has 1 heterocycles. The Labute approximate surface area is 111 Å². The summed E-state index contributed by atoms with van der Waals surface area (Å²) in [7, 11) is 0. The van der Waals surface area contributed by atoms with Crippen LogP contribution in [-0.4, -0.2) is 31.8 Å². The van der Waals surface area contributed by atoms with Gasteiger partial charge in [0.1, 0.15) is 0 Å². The van der Waals surface area contributed by atoms with E-state index < -0.39 is 0 Å². The molecule has 1 aliphatic heterocycles. The minimum absolute atomic E-state index is 0.462. The zero-order chi connectivity index (χ0) is 13.2. The molecule has 0 aliphatic carbocycles. The monoisotopic (exact) mass is 255 g/mol. The van der Waals surface area contributed by atoms with Gasteiger partial charge in [-0.2, -0.15) is 0 Å². The average molecular weight is 255 g/mol. The summed E-state index contributed by atoms with van der Waals surface area (Å²) < 4.78 is 5.68. The molecule has 1 atom stereocenters. The second-order valence-electron chi connectivity index (χ2n) is 5.51. The molecule has 4 heteroatoms. The van der Waals surface area contributed by atoms with Crippen LogP contribution in [0.2, 0.25) is 0 Å². The van der Waals surface area contributed by atoms with E-state index in [1.807, 2.05) is 0 Å².